The van der Waals surface area contributed by atoms with E-state index in [9.17, 15) is 22.0 Å². The van der Waals surface area contributed by atoms with Crippen molar-refractivity contribution >= 4 is 22.7 Å². The molecule has 0 aliphatic heterocycles. The maximum Gasteiger partial charge on any atom is 0.408 e. The van der Waals surface area contributed by atoms with Crippen LogP contribution in [0, 0.1) is 13.8 Å². The predicted molar refractivity (Wildman–Crippen MR) is 102 cm³/mol. The van der Waals surface area contributed by atoms with Crippen LogP contribution in [0.25, 0.3) is 16.7 Å². The molecule has 0 unspecified atom stereocenters. The second-order valence-electron chi connectivity index (χ2n) is 6.78. The van der Waals surface area contributed by atoms with Gasteiger partial charge in [-0.15, -0.1) is 0 Å². The Morgan fingerprint density at radius 1 is 1.17 bits per heavy atom. The molecule has 0 bridgehead atoms. The number of imidazole rings is 1. The van der Waals surface area contributed by atoms with Gasteiger partial charge in [0.15, 0.2) is 5.65 Å². The maximum atomic E-state index is 12.9. The smallest absolute Gasteiger partial charge is 0.343 e. The first kappa shape index (κ1) is 21.6. The van der Waals surface area contributed by atoms with Crippen molar-refractivity contribution in [3.05, 3.63) is 47.7 Å². The summed E-state index contributed by atoms with van der Waals surface area (Å²) in [6.07, 6.45) is -5.65. The number of nitrogens with zero attached hydrogens (tertiary/aromatic N) is 5. The zero-order valence-electron chi connectivity index (χ0n) is 16.4. The molecule has 3 aromatic heterocycles. The van der Waals surface area contributed by atoms with Crippen LogP contribution >= 0.6 is 0 Å². The van der Waals surface area contributed by atoms with Crippen molar-refractivity contribution in [2.75, 3.05) is 5.32 Å². The van der Waals surface area contributed by atoms with Gasteiger partial charge in [0.25, 0.3) is 6.43 Å². The third-order valence-corrected chi connectivity index (χ3v) is 4.55. The van der Waals surface area contributed by atoms with Gasteiger partial charge in [0.2, 0.25) is 5.95 Å². The van der Waals surface area contributed by atoms with E-state index < -0.39 is 25.2 Å². The molecule has 160 valence electrons. The van der Waals surface area contributed by atoms with E-state index in [2.05, 4.69) is 31.8 Å². The summed E-state index contributed by atoms with van der Waals surface area (Å²) in [5, 5.41) is 2.21. The summed E-state index contributed by atoms with van der Waals surface area (Å²) in [7, 11) is 0. The molecule has 3 heterocycles. The van der Waals surface area contributed by atoms with E-state index in [1.54, 1.807) is 26.0 Å². The molecular weight excluding hydrogens is 407 g/mol. The number of aromatic nitrogens is 5. The molecule has 3 rings (SSSR count). The van der Waals surface area contributed by atoms with Crippen LogP contribution in [0.3, 0.4) is 0 Å². The number of rotatable bonds is 6. The highest BCUT2D eigenvalue weighted by Gasteiger charge is 2.36. The lowest BCUT2D eigenvalue weighted by molar-refractivity contribution is -0.138. The first-order valence-corrected chi connectivity index (χ1v) is 8.96. The number of anilines is 1. The molecule has 0 aromatic carbocycles. The fourth-order valence-electron chi connectivity index (χ4n) is 2.89. The number of nitrogens with one attached hydrogen (secondary N) is 1. The Kier molecular flexibility index (Phi) is 5.73. The second kappa shape index (κ2) is 7.96. The number of hydrogen-bond acceptors (Lipinski definition) is 5. The van der Waals surface area contributed by atoms with E-state index in [-0.39, 0.29) is 5.95 Å². The fourth-order valence-corrected chi connectivity index (χ4v) is 2.89. The standard InChI is InChI=1S/C19H19F5N6/c1-9(13-7-25-18(26-10(13)2)27-11(3)19(22,23)24)14-5-6-15-17(29-14)30(8-16(20)21)12(4)28-15/h5-7,11,16H,1,8H2,2-4H3,(H,25,26,27)/t11-/m1/s1. The van der Waals surface area contributed by atoms with E-state index >= 15 is 0 Å². The van der Waals surface area contributed by atoms with Crippen LogP contribution in [0.2, 0.25) is 0 Å². The normalized spacial score (nSPS) is 13.1. The average molecular weight is 426 g/mol. The molecule has 0 fully saturated rings. The van der Waals surface area contributed by atoms with Crippen molar-refractivity contribution < 1.29 is 22.0 Å². The topological polar surface area (TPSA) is 68.5 Å². The van der Waals surface area contributed by atoms with E-state index in [4.69, 9.17) is 0 Å². The molecule has 6 nitrogen and oxygen atoms in total. The summed E-state index contributed by atoms with van der Waals surface area (Å²) in [5.41, 5.74) is 2.44. The largest absolute Gasteiger partial charge is 0.408 e. The van der Waals surface area contributed by atoms with Gasteiger partial charge in [-0.05, 0) is 32.9 Å². The number of alkyl halides is 5. The molecule has 1 atom stereocenters. The molecule has 11 heteroatoms. The molecule has 30 heavy (non-hydrogen) atoms. The highest BCUT2D eigenvalue weighted by Crippen LogP contribution is 2.26. The molecule has 0 radical (unpaired) electrons. The van der Waals surface area contributed by atoms with Crippen molar-refractivity contribution in [3.8, 4) is 0 Å². The third kappa shape index (κ3) is 4.39. The lowest BCUT2D eigenvalue weighted by atomic mass is 10.0. The lowest BCUT2D eigenvalue weighted by Gasteiger charge is -2.17. The molecular formula is C19H19F5N6. The fraction of sp³-hybridized carbons (Fsp3) is 0.368. The summed E-state index contributed by atoms with van der Waals surface area (Å²) in [6.45, 7) is 7.62. The first-order valence-electron chi connectivity index (χ1n) is 8.96. The van der Waals surface area contributed by atoms with Gasteiger partial charge in [0.05, 0.1) is 17.9 Å². The summed E-state index contributed by atoms with van der Waals surface area (Å²) in [4.78, 5) is 16.7. The minimum atomic E-state index is -4.43. The van der Waals surface area contributed by atoms with Crippen molar-refractivity contribution in [2.45, 2.75) is 46.0 Å². The zero-order chi connectivity index (χ0) is 22.2. The van der Waals surface area contributed by atoms with E-state index in [1.165, 1.54) is 10.8 Å². The Morgan fingerprint density at radius 2 is 1.87 bits per heavy atom. The summed E-state index contributed by atoms with van der Waals surface area (Å²) in [6, 6.07) is 1.48. The molecule has 1 N–H and O–H groups in total. The van der Waals surface area contributed by atoms with Crippen LogP contribution in [0.4, 0.5) is 27.9 Å². The van der Waals surface area contributed by atoms with Gasteiger partial charge in [-0.2, -0.15) is 13.2 Å². The van der Waals surface area contributed by atoms with Crippen molar-refractivity contribution in [2.24, 2.45) is 0 Å². The number of hydrogen-bond donors (Lipinski definition) is 1. The number of aryl methyl sites for hydroxylation is 2. The number of halogens is 5. The van der Waals surface area contributed by atoms with Crippen LogP contribution in [0.5, 0.6) is 0 Å². The van der Waals surface area contributed by atoms with Crippen molar-refractivity contribution in [1.82, 2.24) is 24.5 Å². The molecule has 0 spiro atoms. The highest BCUT2D eigenvalue weighted by molar-refractivity contribution is 5.81. The molecule has 0 aliphatic rings. The third-order valence-electron chi connectivity index (χ3n) is 4.55. The minimum Gasteiger partial charge on any atom is -0.343 e. The zero-order valence-corrected chi connectivity index (χ0v) is 16.4. The molecule has 0 saturated heterocycles. The van der Waals surface area contributed by atoms with Crippen molar-refractivity contribution in [3.63, 3.8) is 0 Å². The summed E-state index contributed by atoms with van der Waals surface area (Å²) >= 11 is 0. The van der Waals surface area contributed by atoms with E-state index in [0.29, 0.717) is 39.5 Å². The average Bonchev–Trinajstić information content (AvgIpc) is 2.95. The quantitative estimate of drug-likeness (QED) is 0.587. The van der Waals surface area contributed by atoms with E-state index in [0.717, 1.165) is 6.92 Å². The number of pyridine rings is 1. The highest BCUT2D eigenvalue weighted by atomic mass is 19.4. The Labute approximate surface area is 168 Å². The van der Waals surface area contributed by atoms with Gasteiger partial charge in [-0.25, -0.2) is 28.7 Å². The number of fused-ring (bicyclic) bond motifs is 1. The van der Waals surface area contributed by atoms with Gasteiger partial charge in [0, 0.05) is 17.3 Å². The summed E-state index contributed by atoms with van der Waals surface area (Å²) in [5.74, 6) is 0.247. The molecule has 0 saturated carbocycles. The van der Waals surface area contributed by atoms with Gasteiger partial charge in [0.1, 0.15) is 17.4 Å². The van der Waals surface area contributed by atoms with E-state index in [1.807, 2.05) is 0 Å². The Bertz CT molecular complexity index is 1090. The van der Waals surface area contributed by atoms with Crippen LogP contribution in [-0.4, -0.2) is 43.1 Å². The first-order chi connectivity index (χ1) is 14.0. The van der Waals surface area contributed by atoms with Crippen LogP contribution in [0.1, 0.15) is 29.7 Å². The Hall–Kier alpha value is -3.11. The molecule has 3 aromatic rings. The van der Waals surface area contributed by atoms with Gasteiger partial charge < -0.3 is 9.88 Å². The minimum absolute atomic E-state index is 0.164. The summed E-state index contributed by atoms with van der Waals surface area (Å²) < 4.78 is 65.3. The van der Waals surface area contributed by atoms with Crippen LogP contribution < -0.4 is 5.32 Å². The maximum absolute atomic E-state index is 12.9. The molecule has 0 amide bonds. The van der Waals surface area contributed by atoms with Gasteiger partial charge in [-0.1, -0.05) is 6.58 Å². The Balaban J connectivity index is 1.92. The van der Waals surface area contributed by atoms with Gasteiger partial charge >= 0.3 is 6.18 Å². The second-order valence-corrected chi connectivity index (χ2v) is 6.78. The monoisotopic (exact) mass is 426 g/mol. The Morgan fingerprint density at radius 3 is 2.47 bits per heavy atom. The molecule has 0 aliphatic carbocycles. The van der Waals surface area contributed by atoms with Crippen LogP contribution in [-0.2, 0) is 6.54 Å². The lowest BCUT2D eigenvalue weighted by Crippen LogP contribution is -2.33. The predicted octanol–water partition coefficient (Wildman–Crippen LogP) is 4.53. The van der Waals surface area contributed by atoms with Crippen LogP contribution in [0.15, 0.2) is 24.9 Å². The van der Waals surface area contributed by atoms with Gasteiger partial charge in [-0.3, -0.25) is 0 Å². The SMILES string of the molecule is C=C(c1ccc2nc(C)n(CC(F)F)c2n1)c1cnc(N[C@H](C)C(F)(F)F)nc1C. The van der Waals surface area contributed by atoms with Crippen molar-refractivity contribution in [1.29, 1.82) is 0 Å².